The Morgan fingerprint density at radius 2 is 1.92 bits per heavy atom. The van der Waals surface area contributed by atoms with Gasteiger partial charge in [0.1, 0.15) is 23.4 Å². The van der Waals surface area contributed by atoms with Gasteiger partial charge in [-0.3, -0.25) is 4.79 Å². The van der Waals surface area contributed by atoms with Crippen molar-refractivity contribution in [2.45, 2.75) is 6.92 Å². The highest BCUT2D eigenvalue weighted by Gasteiger charge is 2.16. The SMILES string of the molecule is COc1cc(F)cc(-c2cn3cnn(-c4ncccn4)c(=O)c3c2C)c1. The zero-order valence-electron chi connectivity index (χ0n) is 14.0. The Labute approximate surface area is 147 Å². The third-order valence-corrected chi connectivity index (χ3v) is 4.13. The van der Waals surface area contributed by atoms with Gasteiger partial charge in [0.2, 0.25) is 0 Å². The quantitative estimate of drug-likeness (QED) is 0.567. The molecule has 0 aliphatic carbocycles. The Morgan fingerprint density at radius 3 is 2.65 bits per heavy atom. The number of aryl methyl sites for hydroxylation is 1. The van der Waals surface area contributed by atoms with Gasteiger partial charge in [-0.05, 0) is 36.2 Å². The molecule has 0 aliphatic rings. The number of hydrogen-bond acceptors (Lipinski definition) is 5. The monoisotopic (exact) mass is 351 g/mol. The maximum absolute atomic E-state index is 13.9. The van der Waals surface area contributed by atoms with Crippen LogP contribution in [0.2, 0.25) is 0 Å². The number of fused-ring (bicyclic) bond motifs is 1. The summed E-state index contributed by atoms with van der Waals surface area (Å²) in [4.78, 5) is 21.0. The molecule has 3 aromatic heterocycles. The first-order valence-electron chi connectivity index (χ1n) is 7.80. The Bertz CT molecular complexity index is 1170. The summed E-state index contributed by atoms with van der Waals surface area (Å²) in [5, 5.41) is 4.12. The van der Waals surface area contributed by atoms with E-state index in [4.69, 9.17) is 4.74 Å². The first kappa shape index (κ1) is 15.9. The fourth-order valence-corrected chi connectivity index (χ4v) is 2.91. The van der Waals surface area contributed by atoms with Crippen LogP contribution in [0.25, 0.3) is 22.6 Å². The van der Waals surface area contributed by atoms with E-state index in [0.29, 0.717) is 28.0 Å². The number of ether oxygens (including phenoxy) is 1. The van der Waals surface area contributed by atoms with Gasteiger partial charge in [0.15, 0.2) is 0 Å². The van der Waals surface area contributed by atoms with Gasteiger partial charge in [0.05, 0.1) is 7.11 Å². The average Bonchev–Trinajstić information content (AvgIpc) is 2.99. The number of aromatic nitrogens is 5. The molecule has 0 N–H and O–H groups in total. The lowest BCUT2D eigenvalue weighted by molar-refractivity contribution is 0.411. The van der Waals surface area contributed by atoms with Crippen LogP contribution in [0.3, 0.4) is 0 Å². The van der Waals surface area contributed by atoms with Crippen molar-refractivity contribution < 1.29 is 9.13 Å². The highest BCUT2D eigenvalue weighted by atomic mass is 19.1. The van der Waals surface area contributed by atoms with Crippen LogP contribution in [-0.4, -0.2) is 31.3 Å². The fraction of sp³-hybridized carbons (Fsp3) is 0.111. The normalized spacial score (nSPS) is 11.0. The van der Waals surface area contributed by atoms with E-state index in [1.165, 1.54) is 38.0 Å². The van der Waals surface area contributed by atoms with Crippen LogP contribution in [0.4, 0.5) is 4.39 Å². The van der Waals surface area contributed by atoms with Crippen LogP contribution in [-0.2, 0) is 0 Å². The van der Waals surface area contributed by atoms with Crippen molar-refractivity contribution in [2.24, 2.45) is 0 Å². The van der Waals surface area contributed by atoms with Gasteiger partial charge >= 0.3 is 0 Å². The lowest BCUT2D eigenvalue weighted by Crippen LogP contribution is -2.24. The fourth-order valence-electron chi connectivity index (χ4n) is 2.91. The van der Waals surface area contributed by atoms with Crippen molar-refractivity contribution in [3.63, 3.8) is 0 Å². The van der Waals surface area contributed by atoms with E-state index < -0.39 is 5.82 Å². The number of nitrogens with zero attached hydrogens (tertiary/aromatic N) is 5. The molecule has 7 nitrogen and oxygen atoms in total. The summed E-state index contributed by atoms with van der Waals surface area (Å²) < 4.78 is 21.8. The molecule has 1 aromatic carbocycles. The minimum absolute atomic E-state index is 0.189. The van der Waals surface area contributed by atoms with E-state index in [-0.39, 0.29) is 11.5 Å². The van der Waals surface area contributed by atoms with Gasteiger partial charge in [-0.25, -0.2) is 14.4 Å². The van der Waals surface area contributed by atoms with E-state index in [1.54, 1.807) is 29.7 Å². The molecule has 0 atom stereocenters. The molecule has 130 valence electrons. The first-order valence-corrected chi connectivity index (χ1v) is 7.80. The molecular weight excluding hydrogens is 337 g/mol. The van der Waals surface area contributed by atoms with Gasteiger partial charge in [-0.2, -0.15) is 9.78 Å². The lowest BCUT2D eigenvalue weighted by Gasteiger charge is -2.05. The largest absolute Gasteiger partial charge is 0.497 e. The standard InChI is InChI=1S/C18H14FN5O2/c1-11-15(12-6-13(19)8-14(7-12)26-2)9-23-10-22-24(17(25)16(11)23)18-20-4-3-5-21-18/h3-10H,1-2H3. The van der Waals surface area contributed by atoms with Crippen molar-refractivity contribution >= 4 is 5.52 Å². The molecule has 8 heteroatoms. The highest BCUT2D eigenvalue weighted by Crippen LogP contribution is 2.30. The zero-order valence-corrected chi connectivity index (χ0v) is 14.0. The average molecular weight is 351 g/mol. The van der Waals surface area contributed by atoms with Crippen LogP contribution in [0.1, 0.15) is 5.56 Å². The van der Waals surface area contributed by atoms with Gasteiger partial charge in [-0.1, -0.05) is 0 Å². The van der Waals surface area contributed by atoms with Gasteiger partial charge in [0, 0.05) is 30.2 Å². The summed E-state index contributed by atoms with van der Waals surface area (Å²) in [6.45, 7) is 1.81. The van der Waals surface area contributed by atoms with Crippen LogP contribution in [0.5, 0.6) is 5.75 Å². The predicted octanol–water partition coefficient (Wildman–Crippen LogP) is 2.40. The molecule has 0 unspecified atom stereocenters. The predicted molar refractivity (Wildman–Crippen MR) is 93.1 cm³/mol. The molecule has 0 aliphatic heterocycles. The van der Waals surface area contributed by atoms with E-state index in [0.717, 1.165) is 4.68 Å². The second kappa shape index (κ2) is 6.07. The van der Waals surface area contributed by atoms with E-state index in [2.05, 4.69) is 15.1 Å². The maximum atomic E-state index is 13.9. The molecule has 3 heterocycles. The minimum atomic E-state index is -0.415. The van der Waals surface area contributed by atoms with Crippen molar-refractivity contribution in [3.05, 3.63) is 70.9 Å². The van der Waals surface area contributed by atoms with Crippen molar-refractivity contribution in [1.29, 1.82) is 0 Å². The molecular formula is C18H14FN5O2. The van der Waals surface area contributed by atoms with Gasteiger partial charge < -0.3 is 9.14 Å². The van der Waals surface area contributed by atoms with Crippen LogP contribution in [0.15, 0.2) is 54.0 Å². The third-order valence-electron chi connectivity index (χ3n) is 4.13. The Kier molecular flexibility index (Phi) is 3.72. The highest BCUT2D eigenvalue weighted by molar-refractivity contribution is 5.76. The smallest absolute Gasteiger partial charge is 0.298 e. The number of hydrogen-bond donors (Lipinski definition) is 0. The summed E-state index contributed by atoms with van der Waals surface area (Å²) >= 11 is 0. The van der Waals surface area contributed by atoms with E-state index >= 15 is 0 Å². The van der Waals surface area contributed by atoms with Gasteiger partial charge in [-0.15, -0.1) is 0 Å². The molecule has 0 fully saturated rings. The summed E-state index contributed by atoms with van der Waals surface area (Å²) in [6.07, 6.45) is 6.32. The first-order chi connectivity index (χ1) is 12.6. The topological polar surface area (TPSA) is 74.3 Å². The van der Waals surface area contributed by atoms with Crippen molar-refractivity contribution in [2.75, 3.05) is 7.11 Å². The number of halogens is 1. The lowest BCUT2D eigenvalue weighted by atomic mass is 10.0. The van der Waals surface area contributed by atoms with Crippen molar-refractivity contribution in [1.82, 2.24) is 24.1 Å². The maximum Gasteiger partial charge on any atom is 0.298 e. The zero-order chi connectivity index (χ0) is 18.3. The van der Waals surface area contributed by atoms with Crippen LogP contribution >= 0.6 is 0 Å². The van der Waals surface area contributed by atoms with E-state index in [9.17, 15) is 9.18 Å². The third kappa shape index (κ3) is 2.52. The molecule has 26 heavy (non-hydrogen) atoms. The Morgan fingerprint density at radius 1 is 1.15 bits per heavy atom. The number of benzene rings is 1. The molecule has 0 bridgehead atoms. The van der Waals surface area contributed by atoms with E-state index in [1.807, 2.05) is 0 Å². The molecule has 4 aromatic rings. The number of rotatable bonds is 3. The Hall–Kier alpha value is -3.55. The summed E-state index contributed by atoms with van der Waals surface area (Å²) in [6, 6.07) is 6.08. The Balaban J connectivity index is 1.95. The van der Waals surface area contributed by atoms with Crippen LogP contribution in [0, 0.1) is 12.7 Å². The summed E-state index contributed by atoms with van der Waals surface area (Å²) in [5.74, 6) is 0.180. The molecule has 0 saturated carbocycles. The van der Waals surface area contributed by atoms with Crippen LogP contribution < -0.4 is 10.3 Å². The second-order valence-electron chi connectivity index (χ2n) is 5.70. The second-order valence-corrected chi connectivity index (χ2v) is 5.70. The summed E-state index contributed by atoms with van der Waals surface area (Å²) in [5.41, 5.74) is 2.10. The molecule has 0 saturated heterocycles. The number of methoxy groups -OCH3 is 1. The molecule has 0 radical (unpaired) electrons. The molecule has 4 rings (SSSR count). The minimum Gasteiger partial charge on any atom is -0.497 e. The molecule has 0 amide bonds. The molecule has 0 spiro atoms. The van der Waals surface area contributed by atoms with Gasteiger partial charge in [0.25, 0.3) is 11.5 Å². The van der Waals surface area contributed by atoms with Crippen molar-refractivity contribution in [3.8, 4) is 22.8 Å². The summed E-state index contributed by atoms with van der Waals surface area (Å²) in [7, 11) is 1.48.